The first-order valence-electron chi connectivity index (χ1n) is 12.0. The molecule has 0 aliphatic heterocycles. The lowest BCUT2D eigenvalue weighted by Crippen LogP contribution is -2.44. The lowest BCUT2D eigenvalue weighted by atomic mass is 9.63. The number of fused-ring (bicyclic) bond motifs is 1. The normalized spacial score (nSPS) is 25.1. The number of benzene rings is 1. The van der Waals surface area contributed by atoms with E-state index in [-0.39, 0.29) is 0 Å². The molecule has 3 aliphatic rings. The monoisotopic (exact) mass is 409 g/mol. The standard InChI is InChI=1S/C25H35N3O2/c1-28(25-27-22-10-2-3-11-23(22)30-25)20-14-12-19(13-15-20)26-24(29)16-21(17-6-4-7-17)18-8-5-9-18/h2-3,10-11,17-21H,4-9,12-16H2,1H3,(H,26,29). The average molecular weight is 410 g/mol. The minimum Gasteiger partial charge on any atom is -0.423 e. The topological polar surface area (TPSA) is 58.4 Å². The minimum atomic E-state index is 0.301. The molecule has 0 unspecified atom stereocenters. The fourth-order valence-electron chi connectivity index (χ4n) is 5.73. The van der Waals surface area contributed by atoms with Crippen LogP contribution in [-0.4, -0.2) is 30.0 Å². The third kappa shape index (κ3) is 4.08. The van der Waals surface area contributed by atoms with Crippen LogP contribution in [0.1, 0.15) is 70.6 Å². The van der Waals surface area contributed by atoms with Crippen LogP contribution in [0.5, 0.6) is 0 Å². The van der Waals surface area contributed by atoms with Crippen LogP contribution in [0.3, 0.4) is 0 Å². The Morgan fingerprint density at radius 3 is 2.33 bits per heavy atom. The number of carbonyl (C=O) groups excluding carboxylic acids is 1. The van der Waals surface area contributed by atoms with Gasteiger partial charge in [-0.15, -0.1) is 0 Å². The molecule has 1 aromatic heterocycles. The van der Waals surface area contributed by atoms with Gasteiger partial charge in [0.25, 0.3) is 6.01 Å². The van der Waals surface area contributed by atoms with Crippen molar-refractivity contribution < 1.29 is 9.21 Å². The molecule has 0 atom stereocenters. The predicted molar refractivity (Wildman–Crippen MR) is 119 cm³/mol. The number of oxazole rings is 1. The van der Waals surface area contributed by atoms with Gasteiger partial charge in [-0.25, -0.2) is 0 Å². The second-order valence-corrected chi connectivity index (χ2v) is 9.90. The van der Waals surface area contributed by atoms with Crippen molar-refractivity contribution in [1.29, 1.82) is 0 Å². The molecule has 0 saturated heterocycles. The number of hydrogen-bond acceptors (Lipinski definition) is 4. The Hall–Kier alpha value is -2.04. The molecule has 2 aromatic rings. The van der Waals surface area contributed by atoms with E-state index in [0.717, 1.165) is 55.0 Å². The summed E-state index contributed by atoms with van der Waals surface area (Å²) in [5.41, 5.74) is 1.75. The highest BCUT2D eigenvalue weighted by Gasteiger charge is 2.37. The molecule has 5 nitrogen and oxygen atoms in total. The third-order valence-electron chi connectivity index (χ3n) is 8.13. The van der Waals surface area contributed by atoms with E-state index in [0.29, 0.717) is 29.9 Å². The van der Waals surface area contributed by atoms with E-state index >= 15 is 0 Å². The molecule has 0 spiro atoms. The molecule has 1 amide bonds. The number of nitrogens with zero attached hydrogens (tertiary/aromatic N) is 2. The van der Waals surface area contributed by atoms with Gasteiger partial charge in [-0.3, -0.25) is 4.79 Å². The number of hydrogen-bond donors (Lipinski definition) is 1. The first-order valence-corrected chi connectivity index (χ1v) is 12.0. The summed E-state index contributed by atoms with van der Waals surface area (Å²) in [5.74, 6) is 2.59. The molecule has 1 aromatic carbocycles. The number of anilines is 1. The number of para-hydroxylation sites is 2. The molecule has 0 radical (unpaired) electrons. The largest absolute Gasteiger partial charge is 0.423 e. The van der Waals surface area contributed by atoms with Gasteiger partial charge in [-0.2, -0.15) is 4.98 Å². The van der Waals surface area contributed by atoms with Crippen molar-refractivity contribution in [2.45, 2.75) is 82.7 Å². The quantitative estimate of drug-likeness (QED) is 0.674. The van der Waals surface area contributed by atoms with Crippen LogP contribution in [0, 0.1) is 17.8 Å². The maximum atomic E-state index is 12.8. The summed E-state index contributed by atoms with van der Waals surface area (Å²) in [4.78, 5) is 19.6. The van der Waals surface area contributed by atoms with Crippen molar-refractivity contribution >= 4 is 23.0 Å². The second-order valence-electron chi connectivity index (χ2n) is 9.90. The van der Waals surface area contributed by atoms with Gasteiger partial charge in [0.05, 0.1) is 0 Å². The van der Waals surface area contributed by atoms with Crippen molar-refractivity contribution in [1.82, 2.24) is 10.3 Å². The Morgan fingerprint density at radius 1 is 1.07 bits per heavy atom. The highest BCUT2D eigenvalue weighted by atomic mass is 16.4. The van der Waals surface area contributed by atoms with Gasteiger partial charge in [0.2, 0.25) is 5.91 Å². The average Bonchev–Trinajstić information content (AvgIpc) is 3.09. The first kappa shape index (κ1) is 19.9. The molecule has 162 valence electrons. The van der Waals surface area contributed by atoms with Crippen LogP contribution >= 0.6 is 0 Å². The Balaban J connectivity index is 1.11. The zero-order valence-electron chi connectivity index (χ0n) is 18.2. The molecule has 1 heterocycles. The van der Waals surface area contributed by atoms with Crippen LogP contribution in [0.25, 0.3) is 11.1 Å². The van der Waals surface area contributed by atoms with E-state index in [1.54, 1.807) is 0 Å². The summed E-state index contributed by atoms with van der Waals surface area (Å²) in [6.45, 7) is 0. The smallest absolute Gasteiger partial charge is 0.298 e. The van der Waals surface area contributed by atoms with E-state index in [1.807, 2.05) is 24.3 Å². The van der Waals surface area contributed by atoms with Crippen molar-refractivity contribution in [3.05, 3.63) is 24.3 Å². The summed E-state index contributed by atoms with van der Waals surface area (Å²) in [6.07, 6.45) is 13.1. The maximum Gasteiger partial charge on any atom is 0.298 e. The summed E-state index contributed by atoms with van der Waals surface area (Å²) < 4.78 is 5.94. The molecule has 5 heteroatoms. The van der Waals surface area contributed by atoms with Crippen LogP contribution in [0.15, 0.2) is 28.7 Å². The first-order chi connectivity index (χ1) is 14.7. The Labute approximate surface area is 179 Å². The summed E-state index contributed by atoms with van der Waals surface area (Å²) in [6, 6.07) is 9.37. The minimum absolute atomic E-state index is 0.301. The van der Waals surface area contributed by atoms with E-state index in [2.05, 4.69) is 22.2 Å². The molecule has 3 fully saturated rings. The lowest BCUT2D eigenvalue weighted by molar-refractivity contribution is -0.124. The molecule has 5 rings (SSSR count). The van der Waals surface area contributed by atoms with Crippen LogP contribution in [-0.2, 0) is 4.79 Å². The molecule has 3 saturated carbocycles. The van der Waals surface area contributed by atoms with Crippen molar-refractivity contribution in [2.24, 2.45) is 17.8 Å². The molecule has 1 N–H and O–H groups in total. The summed E-state index contributed by atoms with van der Waals surface area (Å²) in [5, 5.41) is 3.38. The third-order valence-corrected chi connectivity index (χ3v) is 8.13. The highest BCUT2D eigenvalue weighted by molar-refractivity contribution is 5.76. The van der Waals surface area contributed by atoms with Crippen molar-refractivity contribution in [3.8, 4) is 0 Å². The van der Waals surface area contributed by atoms with Gasteiger partial charge in [-0.05, 0) is 55.6 Å². The highest BCUT2D eigenvalue weighted by Crippen LogP contribution is 2.46. The maximum absolute atomic E-state index is 12.8. The SMILES string of the molecule is CN(c1nc2ccccc2o1)C1CCC(NC(=O)CC(C2CCC2)C2CCC2)CC1. The molecular weight excluding hydrogens is 374 g/mol. The zero-order chi connectivity index (χ0) is 20.5. The number of aromatic nitrogens is 1. The van der Waals surface area contributed by atoms with Gasteiger partial charge in [0, 0.05) is 25.6 Å². The second kappa shape index (κ2) is 8.60. The fourth-order valence-corrected chi connectivity index (χ4v) is 5.73. The van der Waals surface area contributed by atoms with Crippen LogP contribution in [0.4, 0.5) is 6.01 Å². The molecule has 3 aliphatic carbocycles. The summed E-state index contributed by atoms with van der Waals surface area (Å²) >= 11 is 0. The lowest BCUT2D eigenvalue weighted by Gasteiger charge is -2.42. The van der Waals surface area contributed by atoms with E-state index in [9.17, 15) is 4.79 Å². The van der Waals surface area contributed by atoms with Crippen molar-refractivity contribution in [2.75, 3.05) is 11.9 Å². The number of rotatable bonds is 7. The van der Waals surface area contributed by atoms with Crippen LogP contribution < -0.4 is 10.2 Å². The predicted octanol–water partition coefficient (Wildman–Crippen LogP) is 5.30. The Kier molecular flexibility index (Phi) is 5.70. The number of nitrogens with one attached hydrogen (secondary N) is 1. The van der Waals surface area contributed by atoms with Gasteiger partial charge in [0.15, 0.2) is 5.58 Å². The van der Waals surface area contributed by atoms with E-state index in [4.69, 9.17) is 4.42 Å². The van der Waals surface area contributed by atoms with Gasteiger partial charge >= 0.3 is 0 Å². The molecule has 30 heavy (non-hydrogen) atoms. The van der Waals surface area contributed by atoms with Crippen molar-refractivity contribution in [3.63, 3.8) is 0 Å². The van der Waals surface area contributed by atoms with E-state index in [1.165, 1.54) is 38.5 Å². The zero-order valence-corrected chi connectivity index (χ0v) is 18.2. The van der Waals surface area contributed by atoms with Gasteiger partial charge in [-0.1, -0.05) is 50.7 Å². The number of amides is 1. The molecule has 0 bridgehead atoms. The van der Waals surface area contributed by atoms with Gasteiger partial charge in [0.1, 0.15) is 5.52 Å². The fraction of sp³-hybridized carbons (Fsp3) is 0.680. The summed E-state index contributed by atoms with van der Waals surface area (Å²) in [7, 11) is 2.08. The Morgan fingerprint density at radius 2 is 1.73 bits per heavy atom. The van der Waals surface area contributed by atoms with Crippen LogP contribution in [0.2, 0.25) is 0 Å². The number of carbonyl (C=O) groups is 1. The van der Waals surface area contributed by atoms with Gasteiger partial charge < -0.3 is 14.6 Å². The Bertz CT molecular complexity index is 815. The molecular formula is C25H35N3O2. The van der Waals surface area contributed by atoms with E-state index < -0.39 is 0 Å².